The third kappa shape index (κ3) is 7.05. The Labute approximate surface area is 119 Å². The first-order valence-corrected chi connectivity index (χ1v) is 7.06. The Morgan fingerprint density at radius 2 is 1.84 bits per heavy atom. The van der Waals surface area contributed by atoms with Gasteiger partial charge in [-0.2, -0.15) is 10.2 Å². The van der Waals surface area contributed by atoms with E-state index in [-0.39, 0.29) is 6.03 Å². The van der Waals surface area contributed by atoms with Crippen molar-refractivity contribution in [3.05, 3.63) is 0 Å². The van der Waals surface area contributed by atoms with E-state index in [9.17, 15) is 4.79 Å². The molecule has 1 fully saturated rings. The Morgan fingerprint density at radius 3 is 2.42 bits per heavy atom. The van der Waals surface area contributed by atoms with Gasteiger partial charge in [0.25, 0.3) is 0 Å². The average molecular weight is 285 g/mol. The fraction of sp³-hybridized carbons (Fsp3) is 0.833. The van der Waals surface area contributed by atoms with E-state index in [2.05, 4.69) is 26.4 Å². The maximum absolute atomic E-state index is 11.6. The largest absolute Gasteiger partial charge is 0.335 e. The van der Waals surface area contributed by atoms with Crippen LogP contribution in [0.1, 0.15) is 52.9 Å². The summed E-state index contributed by atoms with van der Waals surface area (Å²) < 4.78 is 0. The predicted molar refractivity (Wildman–Crippen MR) is 78.9 cm³/mol. The highest BCUT2D eigenvalue weighted by Gasteiger charge is 2.20. The second-order valence-electron chi connectivity index (χ2n) is 5.33. The average Bonchev–Trinajstić information content (AvgIpc) is 2.35. The lowest BCUT2D eigenvalue weighted by molar-refractivity contribution is 0.227. The highest BCUT2D eigenvalue weighted by molar-refractivity contribution is 7.80. The molecule has 108 valence electrons. The molecule has 0 aliphatic heterocycles. The number of amides is 2. The summed E-state index contributed by atoms with van der Waals surface area (Å²) in [4.78, 5) is 12.1. The molecule has 1 aliphatic rings. The molecule has 0 saturated heterocycles. The van der Waals surface area contributed by atoms with E-state index in [4.69, 9.17) is 12.2 Å². The molecule has 6 nitrogen and oxygen atoms in total. The Hall–Kier alpha value is -1.24. The number of nitrogens with one attached hydrogen (secondary N) is 3. The zero-order chi connectivity index (χ0) is 14.3. The van der Waals surface area contributed by atoms with Crippen molar-refractivity contribution in [1.82, 2.24) is 16.2 Å². The molecule has 0 bridgehead atoms. The lowest BCUT2D eigenvalue weighted by atomic mass is 9.96. The Morgan fingerprint density at radius 1 is 1.21 bits per heavy atom. The quantitative estimate of drug-likeness (QED) is 0.424. The number of hydrogen-bond acceptors (Lipinski definition) is 4. The molecule has 19 heavy (non-hydrogen) atoms. The monoisotopic (exact) mass is 285 g/mol. The van der Waals surface area contributed by atoms with E-state index in [0.717, 1.165) is 12.8 Å². The van der Waals surface area contributed by atoms with Crippen molar-refractivity contribution < 1.29 is 4.79 Å². The van der Waals surface area contributed by atoms with Crippen molar-refractivity contribution in [1.29, 1.82) is 0 Å². The van der Waals surface area contributed by atoms with E-state index < -0.39 is 5.66 Å². The van der Waals surface area contributed by atoms with Gasteiger partial charge in [0.1, 0.15) is 5.66 Å². The van der Waals surface area contributed by atoms with Gasteiger partial charge in [-0.3, -0.25) is 10.9 Å². The molecule has 7 heteroatoms. The molecule has 1 saturated carbocycles. The Kier molecular flexibility index (Phi) is 6.14. The van der Waals surface area contributed by atoms with Crippen molar-refractivity contribution in [3.63, 3.8) is 0 Å². The Bertz CT molecular complexity index is 350. The Balaban J connectivity index is 2.38. The first-order valence-electron chi connectivity index (χ1n) is 6.66. The van der Waals surface area contributed by atoms with Gasteiger partial charge >= 0.3 is 6.03 Å². The molecule has 1 aliphatic carbocycles. The van der Waals surface area contributed by atoms with E-state index in [1.807, 2.05) is 13.8 Å². The number of rotatable bonds is 3. The first-order chi connectivity index (χ1) is 8.89. The van der Waals surface area contributed by atoms with Gasteiger partial charge in [-0.25, -0.2) is 4.79 Å². The van der Waals surface area contributed by atoms with Crippen LogP contribution >= 0.6 is 12.2 Å². The molecule has 0 unspecified atom stereocenters. The minimum absolute atomic E-state index is 0.305. The van der Waals surface area contributed by atoms with Crippen LogP contribution in [0.15, 0.2) is 10.2 Å². The fourth-order valence-corrected chi connectivity index (χ4v) is 1.95. The van der Waals surface area contributed by atoms with E-state index >= 15 is 0 Å². The molecule has 0 atom stereocenters. The minimum Gasteiger partial charge on any atom is -0.311 e. The van der Waals surface area contributed by atoms with Crippen molar-refractivity contribution in [2.75, 3.05) is 0 Å². The molecule has 0 heterocycles. The number of hydrogen-bond donors (Lipinski definition) is 3. The molecule has 0 aromatic rings. The second-order valence-corrected chi connectivity index (χ2v) is 5.94. The number of nitrogens with zero attached hydrogens (tertiary/aromatic N) is 2. The first kappa shape index (κ1) is 15.8. The normalized spacial score (nSPS) is 17.2. The molecule has 1 rings (SSSR count). The van der Waals surface area contributed by atoms with Gasteiger partial charge in [-0.1, -0.05) is 31.5 Å². The summed E-state index contributed by atoms with van der Waals surface area (Å²) in [5, 5.41) is 11.3. The van der Waals surface area contributed by atoms with Gasteiger partial charge in [0.05, 0.1) is 11.0 Å². The summed E-state index contributed by atoms with van der Waals surface area (Å²) in [7, 11) is 0. The minimum atomic E-state index is -0.724. The lowest BCUT2D eigenvalue weighted by Crippen LogP contribution is -2.52. The van der Waals surface area contributed by atoms with Gasteiger partial charge in [0.15, 0.2) is 0 Å². The predicted octanol–water partition coefficient (Wildman–Crippen LogP) is 2.66. The van der Waals surface area contributed by atoms with Crippen molar-refractivity contribution in [2.45, 2.75) is 64.6 Å². The van der Waals surface area contributed by atoms with Crippen LogP contribution < -0.4 is 16.2 Å². The number of azo groups is 1. The summed E-state index contributed by atoms with van der Waals surface area (Å²) in [6, 6.07) is -0.0731. The van der Waals surface area contributed by atoms with Gasteiger partial charge in [0, 0.05) is 0 Å². The lowest BCUT2D eigenvalue weighted by Gasteiger charge is -2.23. The van der Waals surface area contributed by atoms with Crippen LogP contribution in [0, 0.1) is 0 Å². The van der Waals surface area contributed by atoms with Gasteiger partial charge < -0.3 is 5.32 Å². The van der Waals surface area contributed by atoms with Crippen LogP contribution in [0.3, 0.4) is 0 Å². The van der Waals surface area contributed by atoms with E-state index in [1.165, 1.54) is 19.3 Å². The third-order valence-electron chi connectivity index (χ3n) is 2.82. The van der Waals surface area contributed by atoms with Crippen molar-refractivity contribution in [3.8, 4) is 0 Å². The smallest absolute Gasteiger partial charge is 0.311 e. The number of hydrazine groups is 1. The standard InChI is InChI=1S/C12H23N5OS/c1-9(19)14-16-11(18)13-12(2,3)17-15-10-7-5-4-6-8-10/h10H,4-8H2,1-3H3,(H,14,19)(H2,13,16,18). The van der Waals surface area contributed by atoms with Crippen LogP contribution in [0.25, 0.3) is 0 Å². The summed E-state index contributed by atoms with van der Waals surface area (Å²) >= 11 is 4.80. The number of carbonyl (C=O) groups excluding carboxylic acids is 1. The maximum atomic E-state index is 11.6. The van der Waals surface area contributed by atoms with Gasteiger partial charge in [-0.05, 0) is 33.6 Å². The number of urea groups is 1. The molecular formula is C12H23N5OS. The highest BCUT2D eigenvalue weighted by atomic mass is 32.1. The number of thiocarbonyl (C=S) groups is 1. The third-order valence-corrected chi connectivity index (χ3v) is 2.92. The number of carbonyl (C=O) groups is 1. The topological polar surface area (TPSA) is 77.9 Å². The molecule has 0 aromatic heterocycles. The maximum Gasteiger partial charge on any atom is 0.335 e. The van der Waals surface area contributed by atoms with Gasteiger partial charge in [0.2, 0.25) is 0 Å². The SMILES string of the molecule is CC(=S)NNC(=O)NC(C)(C)N=NC1CCCCC1. The van der Waals surface area contributed by atoms with Crippen LogP contribution in [-0.2, 0) is 0 Å². The van der Waals surface area contributed by atoms with Crippen LogP contribution in [0.5, 0.6) is 0 Å². The molecule has 0 radical (unpaired) electrons. The fourth-order valence-electron chi connectivity index (χ4n) is 1.90. The van der Waals surface area contributed by atoms with Crippen molar-refractivity contribution in [2.24, 2.45) is 10.2 Å². The molecule has 3 N–H and O–H groups in total. The van der Waals surface area contributed by atoms with Crippen LogP contribution in [-0.4, -0.2) is 22.7 Å². The second kappa shape index (κ2) is 7.37. The summed E-state index contributed by atoms with van der Waals surface area (Å²) in [5.74, 6) is 0. The van der Waals surface area contributed by atoms with Gasteiger partial charge in [-0.15, -0.1) is 0 Å². The summed E-state index contributed by atoms with van der Waals surface area (Å²) in [6.45, 7) is 5.30. The highest BCUT2D eigenvalue weighted by Crippen LogP contribution is 2.21. The zero-order valence-electron chi connectivity index (χ0n) is 11.8. The zero-order valence-corrected chi connectivity index (χ0v) is 12.6. The van der Waals surface area contributed by atoms with Crippen molar-refractivity contribution >= 4 is 23.2 Å². The molecular weight excluding hydrogens is 262 g/mol. The molecule has 2 amide bonds. The van der Waals surface area contributed by atoms with E-state index in [0.29, 0.717) is 11.0 Å². The van der Waals surface area contributed by atoms with Crippen LogP contribution in [0.2, 0.25) is 0 Å². The summed E-state index contributed by atoms with van der Waals surface area (Å²) in [5.41, 5.74) is 4.28. The van der Waals surface area contributed by atoms with Crippen LogP contribution in [0.4, 0.5) is 4.79 Å². The van der Waals surface area contributed by atoms with E-state index in [1.54, 1.807) is 6.92 Å². The summed E-state index contributed by atoms with van der Waals surface area (Å²) in [6.07, 6.45) is 5.92. The molecule has 0 spiro atoms. The molecule has 0 aromatic carbocycles.